The van der Waals surface area contributed by atoms with Gasteiger partial charge < -0.3 is 10.2 Å². The molecule has 1 N–H and O–H groups in total. The largest absolute Gasteiger partial charge is 0.352 e. The van der Waals surface area contributed by atoms with Gasteiger partial charge in [-0.2, -0.15) is 4.31 Å². The van der Waals surface area contributed by atoms with Crippen LogP contribution in [0.25, 0.3) is 0 Å². The fraction of sp³-hybridized carbons (Fsp3) is 0.682. The molecule has 168 valence electrons. The number of sulfonamides is 1. The highest BCUT2D eigenvalue weighted by atomic mass is 35.5. The minimum absolute atomic E-state index is 0.140. The Morgan fingerprint density at radius 2 is 1.80 bits per heavy atom. The van der Waals surface area contributed by atoms with Crippen LogP contribution in [-0.2, 0) is 10.0 Å². The van der Waals surface area contributed by atoms with Gasteiger partial charge in [0.1, 0.15) is 0 Å². The zero-order chi connectivity index (χ0) is 21.6. The van der Waals surface area contributed by atoms with Gasteiger partial charge in [-0.3, -0.25) is 4.79 Å². The topological polar surface area (TPSA) is 69.7 Å². The average Bonchev–Trinajstić information content (AvgIpc) is 3.02. The van der Waals surface area contributed by atoms with Crippen LogP contribution in [0.3, 0.4) is 0 Å². The van der Waals surface area contributed by atoms with E-state index in [9.17, 15) is 13.2 Å². The Bertz CT molecular complexity index is 823. The summed E-state index contributed by atoms with van der Waals surface area (Å²) in [6, 6.07) is 5.03. The summed E-state index contributed by atoms with van der Waals surface area (Å²) in [6.45, 7) is 5.94. The molecule has 0 radical (unpaired) electrons. The van der Waals surface area contributed by atoms with Gasteiger partial charge in [0.25, 0.3) is 5.91 Å². The van der Waals surface area contributed by atoms with Crippen molar-refractivity contribution in [2.24, 2.45) is 0 Å². The number of carbonyl (C=O) groups is 1. The molecule has 8 heteroatoms. The van der Waals surface area contributed by atoms with E-state index in [4.69, 9.17) is 11.6 Å². The van der Waals surface area contributed by atoms with E-state index in [2.05, 4.69) is 17.1 Å². The van der Waals surface area contributed by atoms with Crippen LogP contribution in [0.4, 0.5) is 0 Å². The Hall–Kier alpha value is -1.15. The van der Waals surface area contributed by atoms with E-state index < -0.39 is 10.0 Å². The predicted octanol–water partition coefficient (Wildman–Crippen LogP) is 3.90. The number of halogens is 1. The van der Waals surface area contributed by atoms with Gasteiger partial charge in [-0.1, -0.05) is 30.9 Å². The van der Waals surface area contributed by atoms with E-state index in [1.807, 2.05) is 0 Å². The first-order chi connectivity index (χ1) is 14.4. The zero-order valence-electron chi connectivity index (χ0n) is 17.9. The lowest BCUT2D eigenvalue weighted by Crippen LogP contribution is -2.39. The molecule has 0 spiro atoms. The van der Waals surface area contributed by atoms with Gasteiger partial charge >= 0.3 is 0 Å². The summed E-state index contributed by atoms with van der Waals surface area (Å²) in [6.07, 6.45) is 8.48. The molecule has 2 heterocycles. The molecule has 1 atom stereocenters. The monoisotopic (exact) mass is 455 g/mol. The van der Waals surface area contributed by atoms with Crippen molar-refractivity contribution in [2.45, 2.75) is 69.2 Å². The van der Waals surface area contributed by atoms with Crippen molar-refractivity contribution >= 4 is 27.5 Å². The van der Waals surface area contributed by atoms with Gasteiger partial charge in [-0.15, -0.1) is 0 Å². The number of hydrogen-bond donors (Lipinski definition) is 1. The molecule has 2 saturated heterocycles. The lowest BCUT2D eigenvalue weighted by molar-refractivity contribution is 0.0949. The molecule has 6 nitrogen and oxygen atoms in total. The highest BCUT2D eigenvalue weighted by Gasteiger charge is 2.26. The smallest absolute Gasteiger partial charge is 0.252 e. The number of hydrogen-bond acceptors (Lipinski definition) is 4. The van der Waals surface area contributed by atoms with Crippen molar-refractivity contribution in [3.8, 4) is 0 Å². The summed E-state index contributed by atoms with van der Waals surface area (Å²) in [7, 11) is -3.62. The van der Waals surface area contributed by atoms with E-state index in [0.717, 1.165) is 45.2 Å². The summed E-state index contributed by atoms with van der Waals surface area (Å²) >= 11 is 6.23. The van der Waals surface area contributed by atoms with Gasteiger partial charge in [0.05, 0.1) is 15.5 Å². The second-order valence-electron chi connectivity index (χ2n) is 8.45. The number of amides is 1. The van der Waals surface area contributed by atoms with Gasteiger partial charge in [-0.05, 0) is 63.8 Å². The number of carbonyl (C=O) groups excluding carboxylic acids is 1. The molecule has 0 saturated carbocycles. The minimum atomic E-state index is -3.62. The molecule has 2 fully saturated rings. The first-order valence-corrected chi connectivity index (χ1v) is 13.0. The normalized spacial score (nSPS) is 21.9. The van der Waals surface area contributed by atoms with Crippen molar-refractivity contribution in [3.05, 3.63) is 28.8 Å². The van der Waals surface area contributed by atoms with Crippen molar-refractivity contribution in [3.63, 3.8) is 0 Å². The van der Waals surface area contributed by atoms with Crippen LogP contribution >= 0.6 is 11.6 Å². The molecule has 3 rings (SSSR count). The van der Waals surface area contributed by atoms with Crippen LogP contribution in [0, 0.1) is 0 Å². The molecule has 1 aromatic carbocycles. The second-order valence-corrected chi connectivity index (χ2v) is 10.8. The third-order valence-electron chi connectivity index (χ3n) is 6.23. The Balaban J connectivity index is 1.60. The highest BCUT2D eigenvalue weighted by Crippen LogP contribution is 2.25. The van der Waals surface area contributed by atoms with E-state index in [-0.39, 0.29) is 21.4 Å². The quantitative estimate of drug-likeness (QED) is 0.633. The first-order valence-electron chi connectivity index (χ1n) is 11.2. The molecular formula is C22H34ClN3O3S. The highest BCUT2D eigenvalue weighted by molar-refractivity contribution is 7.89. The maximum absolute atomic E-state index is 13.0. The molecule has 1 aromatic rings. The summed E-state index contributed by atoms with van der Waals surface area (Å²) in [5.74, 6) is -0.320. The Morgan fingerprint density at radius 1 is 1.10 bits per heavy atom. The van der Waals surface area contributed by atoms with Gasteiger partial charge in [0, 0.05) is 32.2 Å². The molecule has 1 amide bonds. The summed E-state index contributed by atoms with van der Waals surface area (Å²) in [4.78, 5) is 15.3. The molecule has 2 aliphatic rings. The van der Waals surface area contributed by atoms with Crippen molar-refractivity contribution in [1.29, 1.82) is 0 Å². The summed E-state index contributed by atoms with van der Waals surface area (Å²) < 4.78 is 27.6. The third-order valence-corrected chi connectivity index (χ3v) is 8.46. The lowest BCUT2D eigenvalue weighted by Gasteiger charge is -2.33. The Kier molecular flexibility index (Phi) is 8.57. The van der Waals surface area contributed by atoms with Crippen LogP contribution in [-0.4, -0.2) is 62.3 Å². The SMILES string of the molecule is CC1CCCCN1CCCNC(=O)c1cc(S(=O)(=O)N2CCCCCC2)ccc1Cl. The first kappa shape index (κ1) is 23.5. The van der Waals surface area contributed by atoms with E-state index in [1.54, 1.807) is 0 Å². The summed E-state index contributed by atoms with van der Waals surface area (Å²) in [5, 5.41) is 3.17. The Labute approximate surface area is 186 Å². The standard InChI is InChI=1S/C22H34ClN3O3S/c1-18-9-4-7-13-25(18)14-8-12-24-22(27)20-17-19(10-11-21(20)23)30(28,29)26-15-5-2-3-6-16-26/h10-11,17-18H,2-9,12-16H2,1H3,(H,24,27). The maximum Gasteiger partial charge on any atom is 0.252 e. The molecular weight excluding hydrogens is 422 g/mol. The zero-order valence-corrected chi connectivity index (χ0v) is 19.5. The number of piperidine rings is 1. The van der Waals surface area contributed by atoms with Crippen LogP contribution in [0.1, 0.15) is 68.6 Å². The molecule has 1 unspecified atom stereocenters. The van der Waals surface area contributed by atoms with Gasteiger partial charge in [0.15, 0.2) is 0 Å². The predicted molar refractivity (Wildman–Crippen MR) is 121 cm³/mol. The fourth-order valence-electron chi connectivity index (χ4n) is 4.34. The maximum atomic E-state index is 13.0. The van der Waals surface area contributed by atoms with Crippen LogP contribution in [0.2, 0.25) is 5.02 Å². The molecule has 0 aliphatic carbocycles. The van der Waals surface area contributed by atoms with E-state index in [0.29, 0.717) is 25.7 Å². The van der Waals surface area contributed by atoms with Gasteiger partial charge in [-0.25, -0.2) is 8.42 Å². The molecule has 30 heavy (non-hydrogen) atoms. The molecule has 2 aliphatic heterocycles. The Morgan fingerprint density at radius 3 is 2.50 bits per heavy atom. The van der Waals surface area contributed by atoms with Crippen LogP contribution in [0.5, 0.6) is 0 Å². The van der Waals surface area contributed by atoms with Crippen molar-refractivity contribution in [2.75, 3.05) is 32.7 Å². The number of benzene rings is 1. The fourth-order valence-corrected chi connectivity index (χ4v) is 6.09. The second kappa shape index (κ2) is 10.9. The number of nitrogens with one attached hydrogen (secondary N) is 1. The van der Waals surface area contributed by atoms with E-state index >= 15 is 0 Å². The minimum Gasteiger partial charge on any atom is -0.352 e. The lowest BCUT2D eigenvalue weighted by atomic mass is 10.0. The van der Waals surface area contributed by atoms with Crippen LogP contribution in [0.15, 0.2) is 23.1 Å². The third kappa shape index (κ3) is 5.96. The van der Waals surface area contributed by atoms with Gasteiger partial charge in [0.2, 0.25) is 10.0 Å². The molecule has 0 bridgehead atoms. The number of nitrogens with zero attached hydrogens (tertiary/aromatic N) is 2. The van der Waals surface area contributed by atoms with E-state index in [1.165, 1.54) is 41.8 Å². The van der Waals surface area contributed by atoms with Crippen LogP contribution < -0.4 is 5.32 Å². The summed E-state index contributed by atoms with van der Waals surface area (Å²) in [5.41, 5.74) is 0.221. The average molecular weight is 456 g/mol. The number of likely N-dealkylation sites (tertiary alicyclic amines) is 1. The number of rotatable bonds is 7. The molecule has 0 aromatic heterocycles. The van der Waals surface area contributed by atoms with Crippen molar-refractivity contribution in [1.82, 2.24) is 14.5 Å². The van der Waals surface area contributed by atoms with Crippen molar-refractivity contribution < 1.29 is 13.2 Å².